The largest absolute Gasteiger partial charge is 0.0850 e. The van der Waals surface area contributed by atoms with Gasteiger partial charge in [0.25, 0.3) is 0 Å². The Morgan fingerprint density at radius 1 is 0.783 bits per heavy atom. The van der Waals surface area contributed by atoms with Crippen LogP contribution in [0, 0.1) is 35.5 Å². The fourth-order valence-corrected chi connectivity index (χ4v) is 12.0. The zero-order chi connectivity index (χ0) is 17.4. The van der Waals surface area contributed by atoms with E-state index in [1.54, 1.807) is 0 Å². The molecule has 3 heteroatoms. The van der Waals surface area contributed by atoms with Gasteiger partial charge in [-0.25, -0.2) is 0 Å². The van der Waals surface area contributed by atoms with Crippen LogP contribution in [0.15, 0.2) is 0 Å². The van der Waals surface area contributed by atoms with Gasteiger partial charge in [-0.05, 0) is 61.2 Å². The quantitative estimate of drug-likeness (QED) is 0.456. The molecule has 0 aromatic rings. The average molecular weight is 377 g/mol. The summed E-state index contributed by atoms with van der Waals surface area (Å²) in [6.45, 7) is 14.4. The van der Waals surface area contributed by atoms with Crippen molar-refractivity contribution in [1.82, 2.24) is 0 Å². The molecule has 0 amide bonds. The van der Waals surface area contributed by atoms with E-state index >= 15 is 0 Å². The molecule has 0 radical (unpaired) electrons. The zero-order valence-corrected chi connectivity index (χ0v) is 18.6. The maximum absolute atomic E-state index is 7.43. The maximum atomic E-state index is 7.43. The lowest BCUT2D eigenvalue weighted by Crippen LogP contribution is -2.38. The predicted molar refractivity (Wildman–Crippen MR) is 110 cm³/mol. The minimum Gasteiger partial charge on any atom is -0.0850 e. The first-order valence-corrected chi connectivity index (χ1v) is 13.8. The molecule has 0 N–H and O–H groups in total. The Labute approximate surface area is 155 Å². The van der Waals surface area contributed by atoms with E-state index in [2.05, 4.69) is 41.5 Å². The third-order valence-electron chi connectivity index (χ3n) is 6.88. The summed E-state index contributed by atoms with van der Waals surface area (Å²) in [6.07, 6.45) is 8.03. The van der Waals surface area contributed by atoms with Crippen molar-refractivity contribution < 1.29 is 0 Å². The average Bonchev–Trinajstić information content (AvgIpc) is 2.46. The van der Waals surface area contributed by atoms with Crippen LogP contribution in [0.2, 0.25) is 0 Å². The highest BCUT2D eigenvalue weighted by molar-refractivity contribution is 8.27. The Morgan fingerprint density at radius 2 is 1.13 bits per heavy atom. The van der Waals surface area contributed by atoms with Crippen molar-refractivity contribution >= 4 is 28.4 Å². The monoisotopic (exact) mass is 376 g/mol. The summed E-state index contributed by atoms with van der Waals surface area (Å²) in [5.74, 6) is 4.61. The first-order valence-electron chi connectivity index (χ1n) is 9.93. The van der Waals surface area contributed by atoms with Gasteiger partial charge < -0.3 is 0 Å². The summed E-state index contributed by atoms with van der Waals surface area (Å²) in [7, 11) is 0. The fraction of sp³-hybridized carbons (Fsp3) is 1.00. The Kier molecular flexibility index (Phi) is 7.13. The van der Waals surface area contributed by atoms with Crippen LogP contribution in [-0.4, -0.2) is 11.3 Å². The van der Waals surface area contributed by atoms with Gasteiger partial charge in [-0.1, -0.05) is 77.4 Å². The van der Waals surface area contributed by atoms with Gasteiger partial charge in [0, 0.05) is 16.7 Å². The van der Waals surface area contributed by atoms with Crippen molar-refractivity contribution in [2.24, 2.45) is 35.5 Å². The molecule has 0 spiro atoms. The van der Waals surface area contributed by atoms with Gasteiger partial charge in [-0.15, -0.1) is 0 Å². The molecule has 2 rings (SSSR count). The van der Waals surface area contributed by atoms with Crippen LogP contribution in [0.5, 0.6) is 0 Å². The molecule has 0 aliphatic heterocycles. The molecule has 2 aliphatic carbocycles. The van der Waals surface area contributed by atoms with E-state index in [0.29, 0.717) is 11.3 Å². The summed E-state index contributed by atoms with van der Waals surface area (Å²) < 4.78 is 0. The van der Waals surface area contributed by atoms with E-state index in [-0.39, 0.29) is 0 Å². The number of hydrogen-bond acceptors (Lipinski definition) is 1. The number of hydrogen-bond donors (Lipinski definition) is 0. The topological polar surface area (TPSA) is 0 Å². The van der Waals surface area contributed by atoms with Gasteiger partial charge in [0.15, 0.2) is 0 Å². The maximum Gasteiger partial charge on any atom is 0.0452 e. The van der Waals surface area contributed by atoms with Gasteiger partial charge >= 0.3 is 0 Å². The summed E-state index contributed by atoms with van der Waals surface area (Å²) in [4.78, 5) is 0. The Balaban J connectivity index is 2.30. The van der Waals surface area contributed by atoms with Gasteiger partial charge in [-0.2, -0.15) is 0 Å². The van der Waals surface area contributed by atoms with Crippen molar-refractivity contribution in [3.8, 4) is 0 Å². The molecule has 0 saturated heterocycles. The van der Waals surface area contributed by atoms with Crippen molar-refractivity contribution in [1.29, 1.82) is 0 Å². The van der Waals surface area contributed by atoms with E-state index in [4.69, 9.17) is 23.0 Å². The molecular formula is C20H38ClPS. The molecule has 2 saturated carbocycles. The van der Waals surface area contributed by atoms with E-state index in [9.17, 15) is 0 Å². The Hall–Kier alpha value is 0.940. The molecule has 1 unspecified atom stereocenters. The molecule has 0 heterocycles. The van der Waals surface area contributed by atoms with Gasteiger partial charge in [0.2, 0.25) is 0 Å². The van der Waals surface area contributed by atoms with Crippen LogP contribution >= 0.6 is 16.6 Å². The normalized spacial score (nSPS) is 42.0. The molecule has 7 atom stereocenters. The van der Waals surface area contributed by atoms with Crippen LogP contribution in [0.3, 0.4) is 0 Å². The first-order chi connectivity index (χ1) is 10.6. The van der Waals surface area contributed by atoms with Crippen LogP contribution in [0.1, 0.15) is 80.1 Å². The zero-order valence-electron chi connectivity index (χ0n) is 16.1. The van der Waals surface area contributed by atoms with E-state index in [1.165, 1.54) is 38.5 Å². The lowest BCUT2D eigenvalue weighted by atomic mass is 9.76. The summed E-state index contributed by atoms with van der Waals surface area (Å²) >= 11 is 13.8. The SMILES string of the molecule is CC(C)[C@H]1CC[C@H](C)C[C@@H]1P(=S)(Cl)[C@@H]1C[C@H](C)CC[C@H]1C(C)C. The van der Waals surface area contributed by atoms with Crippen LogP contribution in [0.4, 0.5) is 0 Å². The second-order valence-corrected chi connectivity index (χ2v) is 16.1. The number of halogens is 1. The highest BCUT2D eigenvalue weighted by atomic mass is 35.7. The highest BCUT2D eigenvalue weighted by Gasteiger charge is 2.47. The lowest BCUT2D eigenvalue weighted by molar-refractivity contribution is 0.224. The third kappa shape index (κ3) is 4.57. The predicted octanol–water partition coefficient (Wildman–Crippen LogP) is 7.54. The van der Waals surface area contributed by atoms with Crippen LogP contribution < -0.4 is 0 Å². The van der Waals surface area contributed by atoms with Crippen molar-refractivity contribution in [3.05, 3.63) is 0 Å². The standard InChI is InChI=1S/C20H38ClPS/c1-13(2)17-9-7-15(5)11-19(17)22(21,23)20-12-16(6)8-10-18(20)14(3)4/h13-20H,7-12H2,1-6H3/t15-,16+,17+,18-,19-,20+,22?. The minimum atomic E-state index is -1.83. The van der Waals surface area contributed by atoms with E-state index < -0.39 is 5.39 Å². The molecule has 0 aromatic carbocycles. The van der Waals surface area contributed by atoms with Crippen LogP contribution in [0.25, 0.3) is 0 Å². The molecule has 2 fully saturated rings. The molecule has 0 nitrogen and oxygen atoms in total. The molecule has 23 heavy (non-hydrogen) atoms. The molecule has 0 bridgehead atoms. The summed E-state index contributed by atoms with van der Waals surface area (Å²) in [5, 5.41) is -1.83. The van der Waals surface area contributed by atoms with E-state index in [1.807, 2.05) is 0 Å². The van der Waals surface area contributed by atoms with Gasteiger partial charge in [-0.3, -0.25) is 0 Å². The smallest absolute Gasteiger partial charge is 0.0452 e. The molecule has 136 valence electrons. The Morgan fingerprint density at radius 3 is 1.43 bits per heavy atom. The van der Waals surface area contributed by atoms with Gasteiger partial charge in [0.05, 0.1) is 0 Å². The van der Waals surface area contributed by atoms with Crippen LogP contribution in [-0.2, 0) is 11.8 Å². The van der Waals surface area contributed by atoms with Gasteiger partial charge in [0.1, 0.15) is 0 Å². The van der Waals surface area contributed by atoms with E-state index in [0.717, 1.165) is 35.5 Å². The summed E-state index contributed by atoms with van der Waals surface area (Å²) in [6, 6.07) is 0. The van der Waals surface area contributed by atoms with Crippen molar-refractivity contribution in [2.45, 2.75) is 91.4 Å². The first kappa shape index (κ1) is 20.3. The summed E-state index contributed by atoms with van der Waals surface area (Å²) in [5.41, 5.74) is 1.25. The number of rotatable bonds is 4. The molecule has 2 aliphatic rings. The second kappa shape index (κ2) is 8.09. The third-order valence-corrected chi connectivity index (χ3v) is 13.0. The minimum absolute atomic E-state index is 0.625. The fourth-order valence-electron chi connectivity index (χ4n) is 5.36. The van der Waals surface area contributed by atoms with Crippen molar-refractivity contribution in [3.63, 3.8) is 0 Å². The van der Waals surface area contributed by atoms with Crippen molar-refractivity contribution in [2.75, 3.05) is 0 Å². The molecular weight excluding hydrogens is 339 g/mol. The lowest BCUT2D eigenvalue weighted by Gasteiger charge is -2.48. The molecule has 0 aromatic heterocycles. The Bertz CT molecular complexity index is 397. The second-order valence-electron chi connectivity index (χ2n) is 9.41. The highest BCUT2D eigenvalue weighted by Crippen LogP contribution is 2.70.